The molecule has 2 aromatic rings. The molecule has 2 aromatic carbocycles. The summed E-state index contributed by atoms with van der Waals surface area (Å²) in [5.41, 5.74) is -1.99. The van der Waals surface area contributed by atoms with E-state index < -0.39 is 35.0 Å². The Morgan fingerprint density at radius 1 is 1.19 bits per heavy atom. The van der Waals surface area contributed by atoms with Gasteiger partial charge in [0.2, 0.25) is 0 Å². The van der Waals surface area contributed by atoms with Crippen LogP contribution in [0.2, 0.25) is 0 Å². The van der Waals surface area contributed by atoms with Crippen molar-refractivity contribution in [2.45, 2.75) is 18.1 Å². The second kappa shape index (κ2) is 7.25. The zero-order chi connectivity index (χ0) is 22.4. The predicted octanol–water partition coefficient (Wildman–Crippen LogP) is 3.35. The lowest BCUT2D eigenvalue weighted by molar-refractivity contribution is -0.148. The van der Waals surface area contributed by atoms with Crippen molar-refractivity contribution in [3.05, 3.63) is 53.8 Å². The number of hydrogen-bond acceptors (Lipinski definition) is 6. The summed E-state index contributed by atoms with van der Waals surface area (Å²) in [6.07, 6.45) is -4.68. The number of carbonyl (C=O) groups excluding carboxylic acids is 2. The Balaban J connectivity index is 1.62. The Hall–Kier alpha value is -3.63. The second-order valence-corrected chi connectivity index (χ2v) is 6.99. The van der Waals surface area contributed by atoms with Gasteiger partial charge in [0.25, 0.3) is 5.91 Å². The highest BCUT2D eigenvalue weighted by molar-refractivity contribution is 6.44. The number of benzene rings is 2. The molecule has 0 saturated carbocycles. The van der Waals surface area contributed by atoms with E-state index in [0.29, 0.717) is 0 Å². The molecule has 11 heteroatoms. The molecule has 0 fully saturated rings. The molecule has 0 aromatic heterocycles. The van der Waals surface area contributed by atoms with Crippen molar-refractivity contribution in [3.8, 4) is 5.75 Å². The van der Waals surface area contributed by atoms with E-state index in [-0.39, 0.29) is 35.9 Å². The zero-order valence-corrected chi connectivity index (χ0v) is 16.0. The minimum absolute atomic E-state index is 0.0638. The van der Waals surface area contributed by atoms with Gasteiger partial charge >= 0.3 is 12.1 Å². The van der Waals surface area contributed by atoms with Gasteiger partial charge in [-0.15, -0.1) is 0 Å². The number of amides is 1. The fourth-order valence-electron chi connectivity index (χ4n) is 3.45. The molecule has 7 nitrogen and oxygen atoms in total. The highest BCUT2D eigenvalue weighted by Crippen LogP contribution is 2.44. The number of esters is 1. The van der Waals surface area contributed by atoms with Crippen LogP contribution in [0.15, 0.2) is 47.6 Å². The Kier molecular flexibility index (Phi) is 4.83. The molecule has 2 aliphatic heterocycles. The van der Waals surface area contributed by atoms with Gasteiger partial charge in [0.15, 0.2) is 5.54 Å². The van der Waals surface area contributed by atoms with Crippen molar-refractivity contribution in [1.29, 1.82) is 0 Å². The quantitative estimate of drug-likeness (QED) is 0.589. The first-order valence-corrected chi connectivity index (χ1v) is 9.01. The highest BCUT2D eigenvalue weighted by Gasteiger charge is 2.56. The molecular formula is C20H15F4N3O4. The fourth-order valence-corrected chi connectivity index (χ4v) is 3.45. The molecule has 2 heterocycles. The summed E-state index contributed by atoms with van der Waals surface area (Å²) < 4.78 is 62.1. The van der Waals surface area contributed by atoms with Crippen molar-refractivity contribution in [2.75, 3.05) is 24.0 Å². The van der Waals surface area contributed by atoms with Gasteiger partial charge in [0.1, 0.15) is 29.6 Å². The number of rotatable bonds is 3. The normalized spacial score (nSPS) is 19.6. The Morgan fingerprint density at radius 3 is 2.55 bits per heavy atom. The van der Waals surface area contributed by atoms with Gasteiger partial charge in [0.05, 0.1) is 12.7 Å². The van der Waals surface area contributed by atoms with Gasteiger partial charge in [-0.2, -0.15) is 18.3 Å². The van der Waals surface area contributed by atoms with Gasteiger partial charge in [0, 0.05) is 18.2 Å². The smallest absolute Gasteiger partial charge is 0.416 e. The fraction of sp³-hybridized carbons (Fsp3) is 0.250. The lowest BCUT2D eigenvalue weighted by Gasteiger charge is -2.39. The third-order valence-electron chi connectivity index (χ3n) is 5.00. The first-order valence-electron chi connectivity index (χ1n) is 9.01. The molecule has 0 aliphatic carbocycles. The van der Waals surface area contributed by atoms with E-state index in [4.69, 9.17) is 9.47 Å². The molecule has 1 amide bonds. The molecule has 1 N–H and O–H groups in total. The summed E-state index contributed by atoms with van der Waals surface area (Å²) in [6, 6.07) is 7.55. The molecule has 1 atom stereocenters. The molecule has 2 aliphatic rings. The SMILES string of the molecule is COC(=O)C12COc3cc(F)ccc3N1N=C(C(=O)Nc1ccc(C(F)(F)F)cc1)C2. The zero-order valence-electron chi connectivity index (χ0n) is 16.0. The highest BCUT2D eigenvalue weighted by atomic mass is 19.4. The number of hydrazone groups is 1. The molecule has 0 saturated heterocycles. The van der Waals surface area contributed by atoms with Gasteiger partial charge in [-0.05, 0) is 36.4 Å². The van der Waals surface area contributed by atoms with Crippen LogP contribution in [0, 0.1) is 5.82 Å². The van der Waals surface area contributed by atoms with Crippen molar-refractivity contribution in [1.82, 2.24) is 0 Å². The number of carbonyl (C=O) groups is 2. The number of methoxy groups -OCH3 is 1. The van der Waals surface area contributed by atoms with Crippen molar-refractivity contribution >= 4 is 29.0 Å². The lowest BCUT2D eigenvalue weighted by atomic mass is 9.92. The number of ether oxygens (including phenoxy) is 2. The molecule has 162 valence electrons. The lowest BCUT2D eigenvalue weighted by Crippen LogP contribution is -2.57. The Morgan fingerprint density at radius 2 is 1.90 bits per heavy atom. The number of alkyl halides is 3. The van der Waals surface area contributed by atoms with E-state index in [2.05, 4.69) is 10.4 Å². The molecule has 1 unspecified atom stereocenters. The van der Waals surface area contributed by atoms with Crippen LogP contribution in [0.1, 0.15) is 12.0 Å². The summed E-state index contributed by atoms with van der Waals surface area (Å²) in [5, 5.41) is 7.96. The summed E-state index contributed by atoms with van der Waals surface area (Å²) in [5.74, 6) is -1.81. The number of anilines is 2. The van der Waals surface area contributed by atoms with Crippen LogP contribution < -0.4 is 15.1 Å². The average molecular weight is 437 g/mol. The third kappa shape index (κ3) is 3.56. The third-order valence-corrected chi connectivity index (χ3v) is 5.00. The van der Waals surface area contributed by atoms with E-state index in [0.717, 1.165) is 36.4 Å². The first-order chi connectivity index (χ1) is 14.6. The number of nitrogens with zero attached hydrogens (tertiary/aromatic N) is 2. The van der Waals surface area contributed by atoms with Gasteiger partial charge in [-0.1, -0.05) is 0 Å². The maximum absolute atomic E-state index is 13.5. The van der Waals surface area contributed by atoms with E-state index in [9.17, 15) is 27.2 Å². The van der Waals surface area contributed by atoms with Crippen LogP contribution >= 0.6 is 0 Å². The van der Waals surface area contributed by atoms with Crippen molar-refractivity contribution in [2.24, 2.45) is 5.10 Å². The molecular weight excluding hydrogens is 422 g/mol. The van der Waals surface area contributed by atoms with Crippen LogP contribution in [-0.4, -0.2) is 36.8 Å². The summed E-state index contributed by atoms with van der Waals surface area (Å²) >= 11 is 0. The Bertz CT molecular complexity index is 1080. The molecule has 4 rings (SSSR count). The van der Waals surface area contributed by atoms with E-state index >= 15 is 0 Å². The number of fused-ring (bicyclic) bond motifs is 3. The van der Waals surface area contributed by atoms with Crippen LogP contribution in [0.4, 0.5) is 28.9 Å². The standard InChI is InChI=1S/C20H15F4N3O4/c1-30-18(29)19-9-14(17(28)25-13-5-2-11(3-6-13)20(22,23)24)26-27(19)15-7-4-12(21)8-16(15)31-10-19/h2-8H,9-10H2,1H3,(H,25,28). The van der Waals surface area contributed by atoms with Crippen LogP contribution in [0.5, 0.6) is 5.75 Å². The van der Waals surface area contributed by atoms with Crippen LogP contribution in [0.3, 0.4) is 0 Å². The molecule has 0 bridgehead atoms. The van der Waals surface area contributed by atoms with Crippen LogP contribution in [-0.2, 0) is 20.5 Å². The Labute approximate surface area is 173 Å². The van der Waals surface area contributed by atoms with Crippen molar-refractivity contribution in [3.63, 3.8) is 0 Å². The van der Waals surface area contributed by atoms with Crippen molar-refractivity contribution < 1.29 is 36.6 Å². The second-order valence-electron chi connectivity index (χ2n) is 6.99. The first kappa shape index (κ1) is 20.6. The van der Waals surface area contributed by atoms with E-state index in [1.54, 1.807) is 0 Å². The molecule has 31 heavy (non-hydrogen) atoms. The number of nitrogens with one attached hydrogen (secondary N) is 1. The predicted molar refractivity (Wildman–Crippen MR) is 101 cm³/mol. The number of hydrogen-bond donors (Lipinski definition) is 1. The minimum Gasteiger partial charge on any atom is -0.488 e. The topological polar surface area (TPSA) is 80.2 Å². The average Bonchev–Trinajstić information content (AvgIpc) is 3.14. The van der Waals surface area contributed by atoms with Crippen LogP contribution in [0.25, 0.3) is 0 Å². The monoisotopic (exact) mass is 437 g/mol. The van der Waals surface area contributed by atoms with E-state index in [1.807, 2.05) is 0 Å². The molecule has 0 spiro atoms. The van der Waals surface area contributed by atoms with Gasteiger partial charge in [-0.25, -0.2) is 14.2 Å². The van der Waals surface area contributed by atoms with Gasteiger partial charge < -0.3 is 14.8 Å². The molecule has 0 radical (unpaired) electrons. The largest absolute Gasteiger partial charge is 0.488 e. The number of halogens is 4. The maximum atomic E-state index is 13.5. The summed E-state index contributed by atoms with van der Waals surface area (Å²) in [4.78, 5) is 25.3. The van der Waals surface area contributed by atoms with Gasteiger partial charge in [-0.3, -0.25) is 4.79 Å². The summed E-state index contributed by atoms with van der Waals surface area (Å²) in [7, 11) is 1.18. The summed E-state index contributed by atoms with van der Waals surface area (Å²) in [6.45, 7) is -0.239. The van der Waals surface area contributed by atoms with E-state index in [1.165, 1.54) is 18.2 Å². The minimum atomic E-state index is -4.50. The maximum Gasteiger partial charge on any atom is 0.416 e.